The highest BCUT2D eigenvalue weighted by molar-refractivity contribution is 6.31. The van der Waals surface area contributed by atoms with Crippen LogP contribution in [0.5, 0.6) is 0 Å². The molecule has 4 nitrogen and oxygen atoms in total. The van der Waals surface area contributed by atoms with Gasteiger partial charge in [0.05, 0.1) is 10.7 Å². The number of aromatic nitrogens is 1. The van der Waals surface area contributed by atoms with Gasteiger partial charge >= 0.3 is 0 Å². The van der Waals surface area contributed by atoms with Gasteiger partial charge in [-0.25, -0.2) is 4.98 Å². The lowest BCUT2D eigenvalue weighted by atomic mass is 10.0. The molecule has 2 rings (SSSR count). The third kappa shape index (κ3) is 4.83. The van der Waals surface area contributed by atoms with Gasteiger partial charge in [0.1, 0.15) is 5.82 Å². The van der Waals surface area contributed by atoms with E-state index in [2.05, 4.69) is 41.1 Å². The number of nitrogens with zero attached hydrogens (tertiary/aromatic N) is 3. The molecule has 118 valence electrons. The lowest BCUT2D eigenvalue weighted by molar-refractivity contribution is 0.139. The quantitative estimate of drug-likeness (QED) is 0.875. The van der Waals surface area contributed by atoms with E-state index in [1.807, 2.05) is 12.1 Å². The molecular formula is C16H27ClN4. The summed E-state index contributed by atoms with van der Waals surface area (Å²) in [6.07, 6.45) is 3.54. The summed E-state index contributed by atoms with van der Waals surface area (Å²) in [5.41, 5.74) is 0.987. The normalized spacial score (nSPS) is 17.4. The second-order valence-electron chi connectivity index (χ2n) is 6.02. The predicted octanol–water partition coefficient (Wildman–Crippen LogP) is 3.08. The van der Waals surface area contributed by atoms with Gasteiger partial charge in [0.15, 0.2) is 0 Å². The summed E-state index contributed by atoms with van der Waals surface area (Å²) < 4.78 is 0. The number of hydrogen-bond acceptors (Lipinski definition) is 4. The molecule has 21 heavy (non-hydrogen) atoms. The standard InChI is InChI=1S/C16H27ClN4/c1-4-9-18-16-6-5-14(17)15(19-16)12-21-10-7-13(8-11-21)20(2)3/h5-6,13H,4,7-12H2,1-3H3,(H,18,19). The first kappa shape index (κ1) is 16.5. The van der Waals surface area contributed by atoms with Gasteiger partial charge in [0.25, 0.3) is 0 Å². The molecule has 0 spiro atoms. The molecule has 0 radical (unpaired) electrons. The molecule has 0 bridgehead atoms. The van der Waals surface area contributed by atoms with Gasteiger partial charge in [-0.15, -0.1) is 0 Å². The van der Waals surface area contributed by atoms with Crippen LogP contribution in [-0.4, -0.2) is 54.6 Å². The fraction of sp³-hybridized carbons (Fsp3) is 0.688. The van der Waals surface area contributed by atoms with Crippen molar-refractivity contribution in [3.05, 3.63) is 22.8 Å². The van der Waals surface area contributed by atoms with Gasteiger partial charge in [-0.1, -0.05) is 18.5 Å². The van der Waals surface area contributed by atoms with Crippen LogP contribution in [0.3, 0.4) is 0 Å². The number of rotatable bonds is 6. The second-order valence-corrected chi connectivity index (χ2v) is 6.43. The average molecular weight is 311 g/mol. The van der Waals surface area contributed by atoms with E-state index in [0.29, 0.717) is 6.04 Å². The highest BCUT2D eigenvalue weighted by atomic mass is 35.5. The van der Waals surface area contributed by atoms with Crippen molar-refractivity contribution in [3.8, 4) is 0 Å². The molecule has 5 heteroatoms. The van der Waals surface area contributed by atoms with Crippen LogP contribution in [0.2, 0.25) is 5.02 Å². The fourth-order valence-corrected chi connectivity index (χ4v) is 2.92. The monoisotopic (exact) mass is 310 g/mol. The van der Waals surface area contributed by atoms with E-state index in [4.69, 9.17) is 11.6 Å². The van der Waals surface area contributed by atoms with Crippen molar-refractivity contribution in [1.29, 1.82) is 0 Å². The summed E-state index contributed by atoms with van der Waals surface area (Å²) in [6.45, 7) is 6.18. The number of likely N-dealkylation sites (tertiary alicyclic amines) is 1. The van der Waals surface area contributed by atoms with Crippen LogP contribution in [-0.2, 0) is 6.54 Å². The maximum Gasteiger partial charge on any atom is 0.126 e. The van der Waals surface area contributed by atoms with Crippen molar-refractivity contribution in [2.45, 2.75) is 38.8 Å². The molecule has 0 aliphatic carbocycles. The Bertz CT molecular complexity index is 442. The first-order chi connectivity index (χ1) is 10.1. The Morgan fingerprint density at radius 2 is 2.05 bits per heavy atom. The molecule has 0 amide bonds. The Morgan fingerprint density at radius 3 is 2.67 bits per heavy atom. The van der Waals surface area contributed by atoms with Crippen LogP contribution in [0, 0.1) is 0 Å². The first-order valence-corrected chi connectivity index (χ1v) is 8.26. The zero-order valence-electron chi connectivity index (χ0n) is 13.4. The molecule has 1 aliphatic rings. The predicted molar refractivity (Wildman–Crippen MR) is 90.0 cm³/mol. The smallest absolute Gasteiger partial charge is 0.126 e. The third-order valence-electron chi connectivity index (χ3n) is 4.14. The van der Waals surface area contributed by atoms with Crippen LogP contribution < -0.4 is 5.32 Å². The molecule has 1 aromatic rings. The van der Waals surface area contributed by atoms with Crippen LogP contribution in [0.25, 0.3) is 0 Å². The number of piperidine rings is 1. The van der Waals surface area contributed by atoms with E-state index in [1.54, 1.807) is 0 Å². The summed E-state index contributed by atoms with van der Waals surface area (Å²) in [6, 6.07) is 4.62. The van der Waals surface area contributed by atoms with Crippen molar-refractivity contribution in [2.24, 2.45) is 0 Å². The van der Waals surface area contributed by atoms with E-state index in [9.17, 15) is 0 Å². The Morgan fingerprint density at radius 1 is 1.33 bits per heavy atom. The van der Waals surface area contributed by atoms with Crippen molar-refractivity contribution in [2.75, 3.05) is 39.0 Å². The Labute approximate surface area is 133 Å². The summed E-state index contributed by atoms with van der Waals surface area (Å²) in [5, 5.41) is 4.10. The SMILES string of the molecule is CCCNc1ccc(Cl)c(CN2CCC(N(C)C)CC2)n1. The largest absolute Gasteiger partial charge is 0.370 e. The molecular weight excluding hydrogens is 284 g/mol. The first-order valence-electron chi connectivity index (χ1n) is 7.88. The lowest BCUT2D eigenvalue weighted by Gasteiger charge is -2.35. The average Bonchev–Trinajstić information content (AvgIpc) is 2.48. The maximum atomic E-state index is 6.30. The Balaban J connectivity index is 1.93. The van der Waals surface area contributed by atoms with Crippen molar-refractivity contribution in [1.82, 2.24) is 14.8 Å². The number of halogens is 1. The second kappa shape index (κ2) is 7.97. The van der Waals surface area contributed by atoms with Gasteiger partial charge in [-0.2, -0.15) is 0 Å². The summed E-state index contributed by atoms with van der Waals surface area (Å²) in [4.78, 5) is 9.45. The lowest BCUT2D eigenvalue weighted by Crippen LogP contribution is -2.41. The zero-order valence-corrected chi connectivity index (χ0v) is 14.2. The molecule has 0 unspecified atom stereocenters. The van der Waals surface area contributed by atoms with Gasteiger partial charge in [0, 0.05) is 32.2 Å². The highest BCUT2D eigenvalue weighted by Crippen LogP contribution is 2.21. The highest BCUT2D eigenvalue weighted by Gasteiger charge is 2.21. The van der Waals surface area contributed by atoms with Crippen LogP contribution in [0.4, 0.5) is 5.82 Å². The molecule has 2 heterocycles. The molecule has 1 fully saturated rings. The zero-order chi connectivity index (χ0) is 15.2. The molecule has 0 aromatic carbocycles. The van der Waals surface area contributed by atoms with Gasteiger partial charge in [-0.3, -0.25) is 4.90 Å². The molecule has 1 aromatic heterocycles. The van der Waals surface area contributed by atoms with Gasteiger partial charge < -0.3 is 10.2 Å². The topological polar surface area (TPSA) is 31.4 Å². The summed E-state index contributed by atoms with van der Waals surface area (Å²) >= 11 is 6.30. The van der Waals surface area contributed by atoms with Crippen LogP contribution in [0.15, 0.2) is 12.1 Å². The number of pyridine rings is 1. The maximum absolute atomic E-state index is 6.30. The number of anilines is 1. The molecule has 1 saturated heterocycles. The minimum absolute atomic E-state index is 0.710. The van der Waals surface area contributed by atoms with Crippen molar-refractivity contribution in [3.63, 3.8) is 0 Å². The van der Waals surface area contributed by atoms with E-state index in [0.717, 1.165) is 49.1 Å². The van der Waals surface area contributed by atoms with E-state index < -0.39 is 0 Å². The van der Waals surface area contributed by atoms with Crippen molar-refractivity contribution < 1.29 is 0 Å². The molecule has 0 atom stereocenters. The van der Waals surface area contributed by atoms with E-state index in [1.165, 1.54) is 12.8 Å². The van der Waals surface area contributed by atoms with Crippen LogP contribution in [0.1, 0.15) is 31.9 Å². The van der Waals surface area contributed by atoms with Gasteiger partial charge in [0.2, 0.25) is 0 Å². The fourth-order valence-electron chi connectivity index (χ4n) is 2.75. The Kier molecular flexibility index (Phi) is 6.27. The molecule has 0 saturated carbocycles. The van der Waals surface area contributed by atoms with E-state index in [-0.39, 0.29) is 0 Å². The summed E-state index contributed by atoms with van der Waals surface area (Å²) in [7, 11) is 4.34. The number of hydrogen-bond donors (Lipinski definition) is 1. The van der Waals surface area contributed by atoms with Gasteiger partial charge in [-0.05, 0) is 45.5 Å². The van der Waals surface area contributed by atoms with Crippen LogP contribution >= 0.6 is 11.6 Å². The molecule has 1 N–H and O–H groups in total. The summed E-state index contributed by atoms with van der Waals surface area (Å²) in [5.74, 6) is 0.930. The molecule has 1 aliphatic heterocycles. The third-order valence-corrected chi connectivity index (χ3v) is 4.48. The minimum atomic E-state index is 0.710. The van der Waals surface area contributed by atoms with Crippen molar-refractivity contribution >= 4 is 17.4 Å². The number of nitrogens with one attached hydrogen (secondary N) is 1. The minimum Gasteiger partial charge on any atom is -0.370 e. The Hall–Kier alpha value is -0.840. The van der Waals surface area contributed by atoms with E-state index >= 15 is 0 Å².